The van der Waals surface area contributed by atoms with E-state index in [-0.39, 0.29) is 12.1 Å². The zero-order valence-electron chi connectivity index (χ0n) is 13.0. The van der Waals surface area contributed by atoms with Crippen molar-refractivity contribution in [2.24, 2.45) is 11.5 Å². The molecule has 2 heteroatoms. The van der Waals surface area contributed by atoms with Crippen molar-refractivity contribution >= 4 is 0 Å². The van der Waals surface area contributed by atoms with Crippen LogP contribution in [0.3, 0.4) is 0 Å². The molecule has 0 saturated carbocycles. The van der Waals surface area contributed by atoms with Gasteiger partial charge in [-0.25, -0.2) is 0 Å². The van der Waals surface area contributed by atoms with Crippen molar-refractivity contribution in [2.45, 2.75) is 50.6 Å². The van der Waals surface area contributed by atoms with Crippen molar-refractivity contribution in [3.8, 4) is 11.1 Å². The summed E-state index contributed by atoms with van der Waals surface area (Å²) in [5.41, 5.74) is 20.7. The SMILES string of the molecule is NC1CCCc2ccc(-c3ccc4c(c3)C(N)CCC4)cc21. The Hall–Kier alpha value is -1.64. The van der Waals surface area contributed by atoms with Crippen LogP contribution < -0.4 is 11.5 Å². The molecule has 2 aliphatic carbocycles. The number of aryl methyl sites for hydroxylation is 2. The number of fused-ring (bicyclic) bond motifs is 2. The largest absolute Gasteiger partial charge is 0.324 e. The van der Waals surface area contributed by atoms with Gasteiger partial charge in [0.15, 0.2) is 0 Å². The molecular formula is C20H24N2. The second-order valence-electron chi connectivity index (χ2n) is 6.82. The normalized spacial score (nSPS) is 23.7. The van der Waals surface area contributed by atoms with Gasteiger partial charge in [-0.15, -0.1) is 0 Å². The van der Waals surface area contributed by atoms with E-state index < -0.39 is 0 Å². The third kappa shape index (κ3) is 2.37. The van der Waals surface area contributed by atoms with Crippen LogP contribution in [0.4, 0.5) is 0 Å². The van der Waals surface area contributed by atoms with Gasteiger partial charge in [-0.3, -0.25) is 0 Å². The monoisotopic (exact) mass is 292 g/mol. The van der Waals surface area contributed by atoms with Gasteiger partial charge < -0.3 is 11.5 Å². The fourth-order valence-electron chi connectivity index (χ4n) is 4.03. The standard InChI is InChI=1S/C20H24N2/c21-19-5-1-3-13-7-9-15(11-17(13)19)16-10-8-14-4-2-6-20(22)18(14)12-16/h7-12,19-20H,1-6,21-22H2. The molecule has 2 aromatic carbocycles. The Morgan fingerprint density at radius 1 is 0.682 bits per heavy atom. The van der Waals surface area contributed by atoms with E-state index in [1.165, 1.54) is 59.1 Å². The minimum Gasteiger partial charge on any atom is -0.324 e. The summed E-state index contributed by atoms with van der Waals surface area (Å²) in [5, 5.41) is 0. The minimum absolute atomic E-state index is 0.198. The van der Waals surface area contributed by atoms with Crippen molar-refractivity contribution in [3.63, 3.8) is 0 Å². The maximum absolute atomic E-state index is 6.31. The quantitative estimate of drug-likeness (QED) is 0.834. The maximum Gasteiger partial charge on any atom is 0.0297 e. The summed E-state index contributed by atoms with van der Waals surface area (Å²) < 4.78 is 0. The van der Waals surface area contributed by atoms with Gasteiger partial charge in [0.25, 0.3) is 0 Å². The second-order valence-corrected chi connectivity index (χ2v) is 6.82. The van der Waals surface area contributed by atoms with Gasteiger partial charge in [0.05, 0.1) is 0 Å². The lowest BCUT2D eigenvalue weighted by Crippen LogP contribution is -2.18. The average molecular weight is 292 g/mol. The smallest absolute Gasteiger partial charge is 0.0297 e. The predicted molar refractivity (Wildman–Crippen MR) is 91.6 cm³/mol. The molecule has 114 valence electrons. The Kier molecular flexibility index (Phi) is 3.51. The fourth-order valence-corrected chi connectivity index (χ4v) is 4.03. The van der Waals surface area contributed by atoms with Gasteiger partial charge in [-0.2, -0.15) is 0 Å². The molecule has 4 N–H and O–H groups in total. The van der Waals surface area contributed by atoms with Crippen LogP contribution in [-0.2, 0) is 12.8 Å². The highest BCUT2D eigenvalue weighted by atomic mass is 14.6. The van der Waals surface area contributed by atoms with Crippen molar-refractivity contribution in [3.05, 3.63) is 58.7 Å². The van der Waals surface area contributed by atoms with Crippen LogP contribution >= 0.6 is 0 Å². The zero-order chi connectivity index (χ0) is 15.1. The van der Waals surface area contributed by atoms with Gasteiger partial charge in [-0.1, -0.05) is 24.3 Å². The van der Waals surface area contributed by atoms with Crippen LogP contribution in [0.5, 0.6) is 0 Å². The fraction of sp³-hybridized carbons (Fsp3) is 0.400. The van der Waals surface area contributed by atoms with Gasteiger partial charge >= 0.3 is 0 Å². The van der Waals surface area contributed by atoms with E-state index in [0.717, 1.165) is 12.8 Å². The summed E-state index contributed by atoms with van der Waals surface area (Å²) >= 11 is 0. The van der Waals surface area contributed by atoms with Crippen molar-refractivity contribution in [2.75, 3.05) is 0 Å². The third-order valence-electron chi connectivity index (χ3n) is 5.35. The molecule has 0 radical (unpaired) electrons. The number of nitrogens with two attached hydrogens (primary N) is 2. The first-order valence-corrected chi connectivity index (χ1v) is 8.49. The number of rotatable bonds is 1. The van der Waals surface area contributed by atoms with Crippen LogP contribution in [0, 0.1) is 0 Å². The average Bonchev–Trinajstić information content (AvgIpc) is 2.55. The highest BCUT2D eigenvalue weighted by Gasteiger charge is 2.19. The molecule has 2 aromatic rings. The van der Waals surface area contributed by atoms with Crippen LogP contribution in [0.15, 0.2) is 36.4 Å². The van der Waals surface area contributed by atoms with Gasteiger partial charge in [0.1, 0.15) is 0 Å². The Morgan fingerprint density at radius 3 is 1.59 bits per heavy atom. The van der Waals surface area contributed by atoms with Crippen LogP contribution in [0.1, 0.15) is 60.0 Å². The summed E-state index contributed by atoms with van der Waals surface area (Å²) in [5.74, 6) is 0. The Morgan fingerprint density at radius 2 is 1.14 bits per heavy atom. The molecule has 4 rings (SSSR count). The zero-order valence-corrected chi connectivity index (χ0v) is 13.0. The molecule has 0 spiro atoms. The predicted octanol–water partition coefficient (Wildman–Crippen LogP) is 4.03. The van der Waals surface area contributed by atoms with E-state index in [1.54, 1.807) is 0 Å². The van der Waals surface area contributed by atoms with Gasteiger partial charge in [-0.05, 0) is 84.0 Å². The molecule has 2 atom stereocenters. The van der Waals surface area contributed by atoms with E-state index >= 15 is 0 Å². The molecule has 0 fully saturated rings. The van der Waals surface area contributed by atoms with Gasteiger partial charge in [0, 0.05) is 12.1 Å². The lowest BCUT2D eigenvalue weighted by atomic mass is 9.84. The van der Waals surface area contributed by atoms with Crippen molar-refractivity contribution in [1.29, 1.82) is 0 Å². The Labute approximate surface area is 132 Å². The van der Waals surface area contributed by atoms with Crippen LogP contribution in [0.2, 0.25) is 0 Å². The highest BCUT2D eigenvalue weighted by molar-refractivity contribution is 5.67. The van der Waals surface area contributed by atoms with Crippen LogP contribution in [-0.4, -0.2) is 0 Å². The summed E-state index contributed by atoms with van der Waals surface area (Å²) in [6, 6.07) is 14.0. The molecule has 0 aliphatic heterocycles. The molecule has 2 aliphatic rings. The van der Waals surface area contributed by atoms with Crippen molar-refractivity contribution in [1.82, 2.24) is 0 Å². The first kappa shape index (κ1) is 14.0. The first-order valence-electron chi connectivity index (χ1n) is 8.49. The lowest BCUT2D eigenvalue weighted by molar-refractivity contribution is 0.570. The molecule has 22 heavy (non-hydrogen) atoms. The molecule has 0 saturated heterocycles. The van der Waals surface area contributed by atoms with Crippen molar-refractivity contribution < 1.29 is 0 Å². The number of hydrogen-bond acceptors (Lipinski definition) is 2. The summed E-state index contributed by atoms with van der Waals surface area (Å²) in [6.45, 7) is 0. The molecular weight excluding hydrogens is 268 g/mol. The topological polar surface area (TPSA) is 52.0 Å². The van der Waals surface area contributed by atoms with E-state index in [1.807, 2.05) is 0 Å². The van der Waals surface area contributed by atoms with E-state index in [0.29, 0.717) is 0 Å². The van der Waals surface area contributed by atoms with E-state index in [4.69, 9.17) is 11.5 Å². The maximum atomic E-state index is 6.31. The molecule has 2 unspecified atom stereocenters. The molecule has 0 amide bonds. The second kappa shape index (κ2) is 5.53. The molecule has 2 nitrogen and oxygen atoms in total. The molecule has 0 aromatic heterocycles. The Balaban J connectivity index is 1.76. The first-order chi connectivity index (χ1) is 10.7. The van der Waals surface area contributed by atoms with E-state index in [2.05, 4.69) is 36.4 Å². The summed E-state index contributed by atoms with van der Waals surface area (Å²) in [6.07, 6.45) is 6.95. The van der Waals surface area contributed by atoms with Gasteiger partial charge in [0.2, 0.25) is 0 Å². The Bertz CT molecular complexity index is 643. The molecule has 0 bridgehead atoms. The van der Waals surface area contributed by atoms with Crippen LogP contribution in [0.25, 0.3) is 11.1 Å². The summed E-state index contributed by atoms with van der Waals surface area (Å²) in [7, 11) is 0. The van der Waals surface area contributed by atoms with E-state index in [9.17, 15) is 0 Å². The summed E-state index contributed by atoms with van der Waals surface area (Å²) in [4.78, 5) is 0. The highest BCUT2D eigenvalue weighted by Crippen LogP contribution is 2.35. The number of hydrogen-bond donors (Lipinski definition) is 2. The molecule has 0 heterocycles. The number of benzene rings is 2. The third-order valence-corrected chi connectivity index (χ3v) is 5.35. The minimum atomic E-state index is 0.198. The lowest BCUT2D eigenvalue weighted by Gasteiger charge is -2.24.